The Morgan fingerprint density at radius 3 is 2.25 bits per heavy atom. The van der Waals surface area contributed by atoms with Crippen LogP contribution < -0.4 is 0 Å². The second kappa shape index (κ2) is 7.15. The molecule has 0 N–H and O–H groups in total. The minimum absolute atomic E-state index is 1.15. The van der Waals surface area contributed by atoms with Crippen LogP contribution in [-0.2, 0) is 0 Å². The van der Waals surface area contributed by atoms with Gasteiger partial charge >= 0.3 is 0 Å². The van der Waals surface area contributed by atoms with Gasteiger partial charge in [-0.15, -0.1) is 0 Å². The fraction of sp³-hybridized carbons (Fsp3) is 0.583. The van der Waals surface area contributed by atoms with Gasteiger partial charge in [0.25, 0.3) is 0 Å². The van der Waals surface area contributed by atoms with Gasteiger partial charge in [0.2, 0.25) is 0 Å². The van der Waals surface area contributed by atoms with Gasteiger partial charge in [0.1, 0.15) is 0 Å². The summed E-state index contributed by atoms with van der Waals surface area (Å²) in [6.07, 6.45) is 10.3. The summed E-state index contributed by atoms with van der Waals surface area (Å²) in [5.74, 6) is 0. The van der Waals surface area contributed by atoms with Crippen LogP contribution in [0.5, 0.6) is 0 Å². The highest BCUT2D eigenvalue weighted by atomic mass is 14.0. The normalized spacial score (nSPS) is 11.5. The van der Waals surface area contributed by atoms with E-state index in [0.29, 0.717) is 0 Å². The van der Waals surface area contributed by atoms with Crippen LogP contribution in [-0.4, -0.2) is 0 Å². The van der Waals surface area contributed by atoms with Crippen molar-refractivity contribution >= 4 is 0 Å². The van der Waals surface area contributed by atoms with Crippen LogP contribution in [0.4, 0.5) is 0 Å². The van der Waals surface area contributed by atoms with Crippen LogP contribution in [0.3, 0.4) is 0 Å². The molecule has 0 aromatic heterocycles. The van der Waals surface area contributed by atoms with Crippen LogP contribution in [0.2, 0.25) is 0 Å². The molecule has 0 unspecified atom stereocenters. The first kappa shape index (κ1) is 11.5. The van der Waals surface area contributed by atoms with Crippen molar-refractivity contribution < 1.29 is 0 Å². The Hall–Kier alpha value is -0.520. The van der Waals surface area contributed by atoms with Crippen molar-refractivity contribution in [1.82, 2.24) is 0 Å². The van der Waals surface area contributed by atoms with E-state index in [4.69, 9.17) is 0 Å². The first-order valence-electron chi connectivity index (χ1n) is 4.76. The molecule has 0 heterocycles. The minimum atomic E-state index is 1.15. The predicted molar refractivity (Wildman–Crippen MR) is 57.0 cm³/mol. The number of rotatable bonds is 5. The van der Waals surface area contributed by atoms with Gasteiger partial charge in [0, 0.05) is 0 Å². The summed E-state index contributed by atoms with van der Waals surface area (Å²) in [4.78, 5) is 0. The first-order chi connectivity index (χ1) is 5.70. The molecule has 0 heteroatoms. The highest BCUT2D eigenvalue weighted by molar-refractivity contribution is 5.05. The van der Waals surface area contributed by atoms with Gasteiger partial charge < -0.3 is 0 Å². The molecule has 0 aromatic rings. The van der Waals surface area contributed by atoms with Crippen molar-refractivity contribution in [3.05, 3.63) is 29.7 Å². The van der Waals surface area contributed by atoms with Crippen LogP contribution in [0.15, 0.2) is 23.3 Å². The lowest BCUT2D eigenvalue weighted by molar-refractivity contribution is 0.906. The second-order valence-electron chi connectivity index (χ2n) is 3.38. The van der Waals surface area contributed by atoms with Crippen molar-refractivity contribution in [3.8, 4) is 0 Å². The zero-order chi connectivity index (χ0) is 9.40. The van der Waals surface area contributed by atoms with Crippen molar-refractivity contribution in [3.63, 3.8) is 0 Å². The highest BCUT2D eigenvalue weighted by Gasteiger charge is 1.92. The molecule has 0 fully saturated rings. The van der Waals surface area contributed by atoms with E-state index in [-0.39, 0.29) is 0 Å². The minimum Gasteiger partial charge on any atom is -0.0884 e. The predicted octanol–water partition coefficient (Wildman–Crippen LogP) is 4.29. The zero-order valence-corrected chi connectivity index (χ0v) is 8.85. The van der Waals surface area contributed by atoms with Gasteiger partial charge in [-0.1, -0.05) is 30.2 Å². The Morgan fingerprint density at radius 1 is 1.17 bits per heavy atom. The third kappa shape index (κ3) is 6.21. The molecule has 0 aliphatic heterocycles. The quantitative estimate of drug-likeness (QED) is 0.533. The third-order valence-electron chi connectivity index (χ3n) is 1.89. The van der Waals surface area contributed by atoms with E-state index in [1.807, 2.05) is 0 Å². The van der Waals surface area contributed by atoms with Crippen LogP contribution >= 0.6 is 0 Å². The Bertz CT molecular complexity index is 157. The zero-order valence-electron chi connectivity index (χ0n) is 8.85. The van der Waals surface area contributed by atoms with E-state index in [1.165, 1.54) is 18.4 Å². The van der Waals surface area contributed by atoms with Gasteiger partial charge in [-0.2, -0.15) is 0 Å². The van der Waals surface area contributed by atoms with Gasteiger partial charge in [-0.25, -0.2) is 0 Å². The average Bonchev–Trinajstić information content (AvgIpc) is 2.02. The molecule has 69 valence electrons. The molecule has 0 nitrogen and oxygen atoms in total. The molecule has 0 atom stereocenters. The summed E-state index contributed by atoms with van der Waals surface area (Å²) in [7, 11) is 0. The molecule has 1 radical (unpaired) electrons. The van der Waals surface area contributed by atoms with E-state index in [2.05, 4.69) is 46.3 Å². The first-order valence-corrected chi connectivity index (χ1v) is 4.76. The van der Waals surface area contributed by atoms with Crippen LogP contribution in [0.1, 0.15) is 47.0 Å². The third-order valence-corrected chi connectivity index (χ3v) is 1.89. The van der Waals surface area contributed by atoms with Crippen molar-refractivity contribution in [2.24, 2.45) is 0 Å². The molecule has 0 spiro atoms. The Labute approximate surface area is 77.4 Å². The average molecular weight is 165 g/mol. The lowest BCUT2D eigenvalue weighted by Gasteiger charge is -2.02. The second-order valence-corrected chi connectivity index (χ2v) is 3.38. The summed E-state index contributed by atoms with van der Waals surface area (Å²) >= 11 is 0. The maximum atomic E-state index is 2.30. The molecule has 0 saturated heterocycles. The molecule has 0 amide bonds. The van der Waals surface area contributed by atoms with Crippen molar-refractivity contribution in [2.45, 2.75) is 47.0 Å². The summed E-state index contributed by atoms with van der Waals surface area (Å²) in [6.45, 7) is 8.55. The molecule has 0 bridgehead atoms. The maximum absolute atomic E-state index is 2.30. The monoisotopic (exact) mass is 165 g/mol. The summed E-state index contributed by atoms with van der Waals surface area (Å²) in [5, 5.41) is 0. The van der Waals surface area contributed by atoms with Gasteiger partial charge in [-0.3, -0.25) is 0 Å². The molecule has 0 aliphatic carbocycles. The molecule has 0 aliphatic rings. The number of hydrogen-bond donors (Lipinski definition) is 0. The van der Waals surface area contributed by atoms with E-state index in [1.54, 1.807) is 5.57 Å². The summed E-state index contributed by atoms with van der Waals surface area (Å²) in [6, 6.07) is 0. The Morgan fingerprint density at radius 2 is 1.83 bits per heavy atom. The number of hydrogen-bond acceptors (Lipinski definition) is 0. The van der Waals surface area contributed by atoms with Crippen LogP contribution in [0.25, 0.3) is 0 Å². The molecule has 0 rings (SSSR count). The summed E-state index contributed by atoms with van der Waals surface area (Å²) < 4.78 is 0. The fourth-order valence-electron chi connectivity index (χ4n) is 1.17. The SMILES string of the molecule is C[CH]CC(=CC)CCC=C(C)C. The van der Waals surface area contributed by atoms with E-state index in [0.717, 1.165) is 6.42 Å². The van der Waals surface area contributed by atoms with Gasteiger partial charge in [0.05, 0.1) is 0 Å². The van der Waals surface area contributed by atoms with Gasteiger partial charge in [0.15, 0.2) is 0 Å². The maximum Gasteiger partial charge on any atom is -0.0285 e. The van der Waals surface area contributed by atoms with E-state index in [9.17, 15) is 0 Å². The largest absolute Gasteiger partial charge is 0.0884 e. The Kier molecular flexibility index (Phi) is 6.84. The molecular weight excluding hydrogens is 144 g/mol. The molecule has 0 saturated carbocycles. The fourth-order valence-corrected chi connectivity index (χ4v) is 1.17. The summed E-state index contributed by atoms with van der Waals surface area (Å²) in [5.41, 5.74) is 2.97. The van der Waals surface area contributed by atoms with Crippen molar-refractivity contribution in [2.75, 3.05) is 0 Å². The molecule has 12 heavy (non-hydrogen) atoms. The van der Waals surface area contributed by atoms with Crippen LogP contribution in [0, 0.1) is 6.42 Å². The lowest BCUT2D eigenvalue weighted by atomic mass is 10.0. The molecular formula is C12H21. The van der Waals surface area contributed by atoms with E-state index < -0.39 is 0 Å². The highest BCUT2D eigenvalue weighted by Crippen LogP contribution is 2.12. The molecule has 0 aromatic carbocycles. The smallest absolute Gasteiger partial charge is 0.0285 e. The number of allylic oxidation sites excluding steroid dienone is 4. The van der Waals surface area contributed by atoms with Gasteiger partial charge in [-0.05, 0) is 46.5 Å². The standard InChI is InChI=1S/C12H21/c1-5-8-12(6-2)10-7-9-11(3)4/h5-6,9H,7-8,10H2,1-4H3. The lowest BCUT2D eigenvalue weighted by Crippen LogP contribution is -1.82. The van der Waals surface area contributed by atoms with E-state index >= 15 is 0 Å². The Balaban J connectivity index is 3.67. The van der Waals surface area contributed by atoms with Crippen molar-refractivity contribution in [1.29, 1.82) is 0 Å². The topological polar surface area (TPSA) is 0 Å².